The third-order valence-corrected chi connectivity index (χ3v) is 5.23. The molecule has 24 heavy (non-hydrogen) atoms. The standard InChI is InChI=1S/C19H22N2O2S/c22-24(23,16-12-17-7-2-1-3-8-17)20-13-6-14-21-15-11-18-9-4-5-10-19(18)21/h1-5,7-10,12,16,20H,6,11,13-15H2/b16-12+. The number of nitrogens with zero attached hydrogens (tertiary/aromatic N) is 1. The Balaban J connectivity index is 1.46. The quantitative estimate of drug-likeness (QED) is 0.787. The molecule has 0 atom stereocenters. The summed E-state index contributed by atoms with van der Waals surface area (Å²) >= 11 is 0. The zero-order chi connectivity index (χ0) is 16.8. The number of hydrogen-bond acceptors (Lipinski definition) is 3. The molecular formula is C19H22N2O2S. The lowest BCUT2D eigenvalue weighted by Crippen LogP contribution is -2.28. The Morgan fingerprint density at radius 1 is 1.04 bits per heavy atom. The fourth-order valence-corrected chi connectivity index (χ4v) is 3.76. The van der Waals surface area contributed by atoms with E-state index in [0.29, 0.717) is 6.54 Å². The number of anilines is 1. The zero-order valence-electron chi connectivity index (χ0n) is 13.6. The molecule has 0 bridgehead atoms. The summed E-state index contributed by atoms with van der Waals surface area (Å²) in [5.74, 6) is 0. The van der Waals surface area contributed by atoms with Crippen molar-refractivity contribution in [2.24, 2.45) is 0 Å². The predicted octanol–water partition coefficient (Wildman–Crippen LogP) is 3.03. The van der Waals surface area contributed by atoms with Crippen LogP contribution in [-0.4, -0.2) is 28.1 Å². The van der Waals surface area contributed by atoms with Gasteiger partial charge in [0.05, 0.1) is 0 Å². The summed E-state index contributed by atoms with van der Waals surface area (Å²) in [6.07, 6.45) is 3.47. The molecule has 1 aliphatic heterocycles. The molecule has 0 spiro atoms. The normalized spacial score (nSPS) is 14.2. The lowest BCUT2D eigenvalue weighted by molar-refractivity contribution is 0.588. The third kappa shape index (κ3) is 4.46. The van der Waals surface area contributed by atoms with E-state index in [0.717, 1.165) is 31.5 Å². The SMILES string of the molecule is O=S(=O)(/C=C/c1ccccc1)NCCCN1CCc2ccccc21. The van der Waals surface area contributed by atoms with Gasteiger partial charge in [-0.25, -0.2) is 13.1 Å². The minimum Gasteiger partial charge on any atom is -0.371 e. The number of hydrogen-bond donors (Lipinski definition) is 1. The van der Waals surface area contributed by atoms with E-state index in [1.807, 2.05) is 36.4 Å². The number of benzene rings is 2. The van der Waals surface area contributed by atoms with E-state index in [-0.39, 0.29) is 0 Å². The average Bonchev–Trinajstić information content (AvgIpc) is 3.01. The lowest BCUT2D eigenvalue weighted by atomic mass is 10.2. The van der Waals surface area contributed by atoms with Crippen LogP contribution in [-0.2, 0) is 16.4 Å². The van der Waals surface area contributed by atoms with Crippen molar-refractivity contribution < 1.29 is 8.42 Å². The summed E-state index contributed by atoms with van der Waals surface area (Å²) in [6.45, 7) is 2.32. The summed E-state index contributed by atoms with van der Waals surface area (Å²) in [5, 5.41) is 1.23. The molecule has 2 aromatic rings. The Kier molecular flexibility index (Phi) is 5.33. The van der Waals surface area contributed by atoms with Crippen LogP contribution in [0.2, 0.25) is 0 Å². The van der Waals surface area contributed by atoms with E-state index in [2.05, 4.69) is 27.8 Å². The van der Waals surface area contributed by atoms with Crippen molar-refractivity contribution in [3.05, 3.63) is 71.1 Å². The van der Waals surface area contributed by atoms with Gasteiger partial charge in [-0.15, -0.1) is 0 Å². The van der Waals surface area contributed by atoms with E-state index in [4.69, 9.17) is 0 Å². The summed E-state index contributed by atoms with van der Waals surface area (Å²) in [4.78, 5) is 2.32. The highest BCUT2D eigenvalue weighted by Crippen LogP contribution is 2.27. The van der Waals surface area contributed by atoms with Crippen molar-refractivity contribution in [2.45, 2.75) is 12.8 Å². The van der Waals surface area contributed by atoms with Crippen LogP contribution in [0, 0.1) is 0 Å². The minimum absolute atomic E-state index is 0.445. The zero-order valence-corrected chi connectivity index (χ0v) is 14.4. The third-order valence-electron chi connectivity index (χ3n) is 4.13. The van der Waals surface area contributed by atoms with Crippen molar-refractivity contribution in [1.29, 1.82) is 0 Å². The molecule has 1 heterocycles. The van der Waals surface area contributed by atoms with Gasteiger partial charge < -0.3 is 4.90 Å². The van der Waals surface area contributed by atoms with Crippen molar-refractivity contribution >= 4 is 21.8 Å². The van der Waals surface area contributed by atoms with Gasteiger partial charge in [0.15, 0.2) is 0 Å². The molecule has 5 heteroatoms. The first-order chi connectivity index (χ1) is 11.6. The van der Waals surface area contributed by atoms with Crippen molar-refractivity contribution in [1.82, 2.24) is 4.72 Å². The molecule has 3 rings (SSSR count). The van der Waals surface area contributed by atoms with Crippen LogP contribution in [0.4, 0.5) is 5.69 Å². The highest BCUT2D eigenvalue weighted by molar-refractivity contribution is 7.92. The van der Waals surface area contributed by atoms with Gasteiger partial charge in [0.25, 0.3) is 0 Å². The Morgan fingerprint density at radius 3 is 2.62 bits per heavy atom. The monoisotopic (exact) mass is 342 g/mol. The average molecular weight is 342 g/mol. The van der Waals surface area contributed by atoms with Gasteiger partial charge in [-0.1, -0.05) is 48.5 Å². The van der Waals surface area contributed by atoms with Crippen LogP contribution in [0.5, 0.6) is 0 Å². The molecule has 126 valence electrons. The molecule has 1 N–H and O–H groups in total. The first-order valence-corrected chi connectivity index (χ1v) is 9.74. The van der Waals surface area contributed by atoms with E-state index in [9.17, 15) is 8.42 Å². The van der Waals surface area contributed by atoms with E-state index < -0.39 is 10.0 Å². The fraction of sp³-hybridized carbons (Fsp3) is 0.263. The topological polar surface area (TPSA) is 49.4 Å². The summed E-state index contributed by atoms with van der Waals surface area (Å²) in [5.41, 5.74) is 3.53. The van der Waals surface area contributed by atoms with E-state index in [1.165, 1.54) is 16.7 Å². The number of para-hydroxylation sites is 1. The predicted molar refractivity (Wildman–Crippen MR) is 99.4 cm³/mol. The van der Waals surface area contributed by atoms with Crippen LogP contribution in [0.15, 0.2) is 60.0 Å². The minimum atomic E-state index is -3.39. The molecule has 1 aliphatic rings. The van der Waals surface area contributed by atoms with Crippen LogP contribution >= 0.6 is 0 Å². The van der Waals surface area contributed by atoms with Crippen LogP contribution < -0.4 is 9.62 Å². The van der Waals surface area contributed by atoms with Crippen LogP contribution in [0.3, 0.4) is 0 Å². The van der Waals surface area contributed by atoms with Crippen molar-refractivity contribution in [2.75, 3.05) is 24.5 Å². The molecule has 4 nitrogen and oxygen atoms in total. The fourth-order valence-electron chi connectivity index (χ4n) is 2.90. The maximum Gasteiger partial charge on any atom is 0.233 e. The maximum atomic E-state index is 12.0. The van der Waals surface area contributed by atoms with Gasteiger partial charge in [-0.2, -0.15) is 0 Å². The number of rotatable bonds is 7. The van der Waals surface area contributed by atoms with Gasteiger partial charge in [0.2, 0.25) is 10.0 Å². The number of nitrogens with one attached hydrogen (secondary N) is 1. The van der Waals surface area contributed by atoms with Gasteiger partial charge >= 0.3 is 0 Å². The lowest BCUT2D eigenvalue weighted by Gasteiger charge is -2.19. The Hall–Kier alpha value is -2.11. The van der Waals surface area contributed by atoms with Crippen LogP contribution in [0.25, 0.3) is 6.08 Å². The second-order valence-electron chi connectivity index (χ2n) is 5.87. The Bertz CT molecular complexity index is 801. The van der Waals surface area contributed by atoms with E-state index in [1.54, 1.807) is 6.08 Å². The highest BCUT2D eigenvalue weighted by Gasteiger charge is 2.17. The molecule has 0 aromatic heterocycles. The first-order valence-electron chi connectivity index (χ1n) is 8.20. The molecule has 0 aliphatic carbocycles. The summed E-state index contributed by atoms with van der Waals surface area (Å²) in [6, 6.07) is 17.8. The van der Waals surface area contributed by atoms with Gasteiger partial charge in [0, 0.05) is 30.7 Å². The van der Waals surface area contributed by atoms with Crippen LogP contribution in [0.1, 0.15) is 17.5 Å². The molecule has 0 amide bonds. The molecule has 0 radical (unpaired) electrons. The van der Waals surface area contributed by atoms with E-state index >= 15 is 0 Å². The molecular weight excluding hydrogens is 320 g/mol. The number of sulfonamides is 1. The first kappa shape index (κ1) is 16.7. The Labute approximate surface area is 143 Å². The van der Waals surface area contributed by atoms with Gasteiger partial charge in [-0.05, 0) is 36.1 Å². The maximum absolute atomic E-state index is 12.0. The molecule has 0 saturated carbocycles. The largest absolute Gasteiger partial charge is 0.371 e. The number of fused-ring (bicyclic) bond motifs is 1. The van der Waals surface area contributed by atoms with Crippen molar-refractivity contribution in [3.63, 3.8) is 0 Å². The second kappa shape index (κ2) is 7.64. The molecule has 2 aromatic carbocycles. The molecule has 0 fully saturated rings. The van der Waals surface area contributed by atoms with Gasteiger partial charge in [0.1, 0.15) is 0 Å². The Morgan fingerprint density at radius 2 is 1.79 bits per heavy atom. The molecule has 0 unspecified atom stereocenters. The summed E-state index contributed by atoms with van der Waals surface area (Å²) < 4.78 is 26.6. The summed E-state index contributed by atoms with van der Waals surface area (Å²) in [7, 11) is -3.39. The van der Waals surface area contributed by atoms with Crippen molar-refractivity contribution in [3.8, 4) is 0 Å². The van der Waals surface area contributed by atoms with Gasteiger partial charge in [-0.3, -0.25) is 0 Å². The second-order valence-corrected chi connectivity index (χ2v) is 7.52. The smallest absolute Gasteiger partial charge is 0.233 e. The molecule has 0 saturated heterocycles. The highest BCUT2D eigenvalue weighted by atomic mass is 32.2.